The summed E-state index contributed by atoms with van der Waals surface area (Å²) in [7, 11) is 0. The predicted octanol–water partition coefficient (Wildman–Crippen LogP) is 4.32. The highest BCUT2D eigenvalue weighted by atomic mass is 16.4. The molecule has 6 atom stereocenters. The largest absolute Gasteiger partial charge is 0.481 e. The average Bonchev–Trinajstić information content (AvgIpc) is 4.03. The number of aliphatic carboxylic acids is 3. The van der Waals surface area contributed by atoms with Gasteiger partial charge in [-0.15, -0.1) is 0 Å². The van der Waals surface area contributed by atoms with E-state index in [9.17, 15) is 34.5 Å². The van der Waals surface area contributed by atoms with Crippen molar-refractivity contribution in [2.45, 2.75) is 57.9 Å². The van der Waals surface area contributed by atoms with E-state index in [4.69, 9.17) is 0 Å². The van der Waals surface area contributed by atoms with Crippen LogP contribution in [0.3, 0.4) is 0 Å². The number of carboxylic acid groups (broad SMARTS) is 3. The van der Waals surface area contributed by atoms with Crippen molar-refractivity contribution in [2.24, 2.45) is 35.5 Å². The zero-order chi connectivity index (χ0) is 40.1. The number of carboxylic acids is 3. The molecule has 6 unspecified atom stereocenters. The number of carbonyl (C=O) groups excluding carboxylic acids is 1. The lowest BCUT2D eigenvalue weighted by atomic mass is 9.86. The average molecular weight is 782 g/mol. The molecule has 0 spiro atoms. The van der Waals surface area contributed by atoms with Gasteiger partial charge in [0.05, 0.1) is 17.8 Å². The number of benzene rings is 3. The molecular formula is C45H59N5O7. The number of nitrogens with zero attached hydrogens (tertiary/aromatic N) is 1. The number of amides is 1. The molecule has 0 aromatic heterocycles. The summed E-state index contributed by atoms with van der Waals surface area (Å²) in [5.74, 6) is -3.46. The van der Waals surface area contributed by atoms with Crippen LogP contribution in [0.5, 0.6) is 0 Å². The summed E-state index contributed by atoms with van der Waals surface area (Å²) in [6, 6.07) is 23.7. The molecule has 57 heavy (non-hydrogen) atoms. The van der Waals surface area contributed by atoms with E-state index in [2.05, 4.69) is 21.3 Å². The quantitative estimate of drug-likeness (QED) is 0.0819. The number of hydrogen-bond acceptors (Lipinski definition) is 8. The summed E-state index contributed by atoms with van der Waals surface area (Å²) in [5.41, 5.74) is 5.63. The molecule has 0 aliphatic carbocycles. The molecular weight excluding hydrogens is 723 g/mol. The highest BCUT2D eigenvalue weighted by Gasteiger charge is 2.33. The minimum Gasteiger partial charge on any atom is -0.481 e. The van der Waals surface area contributed by atoms with Crippen molar-refractivity contribution < 1.29 is 34.5 Å². The normalized spacial score (nSPS) is 20.8. The fraction of sp³-hybridized carbons (Fsp3) is 0.511. The van der Waals surface area contributed by atoms with E-state index in [1.807, 2.05) is 77.7 Å². The second-order valence-corrected chi connectivity index (χ2v) is 16.3. The number of nitrogens with one attached hydrogen (secondary N) is 4. The lowest BCUT2D eigenvalue weighted by molar-refractivity contribution is -0.144. The first kappa shape index (κ1) is 41.8. The van der Waals surface area contributed by atoms with Gasteiger partial charge >= 0.3 is 17.9 Å². The molecule has 3 heterocycles. The summed E-state index contributed by atoms with van der Waals surface area (Å²) in [6.45, 7) is 5.90. The third-order valence-corrected chi connectivity index (χ3v) is 12.3. The van der Waals surface area contributed by atoms with Crippen LogP contribution in [-0.4, -0.2) is 96.4 Å². The zero-order valence-corrected chi connectivity index (χ0v) is 32.8. The van der Waals surface area contributed by atoms with Gasteiger partial charge in [-0.05, 0) is 142 Å². The summed E-state index contributed by atoms with van der Waals surface area (Å²) >= 11 is 0. The van der Waals surface area contributed by atoms with Gasteiger partial charge in [0.25, 0.3) is 0 Å². The van der Waals surface area contributed by atoms with E-state index in [1.165, 1.54) is 0 Å². The highest BCUT2D eigenvalue weighted by molar-refractivity contribution is 5.76. The maximum atomic E-state index is 14.0. The fourth-order valence-corrected chi connectivity index (χ4v) is 9.02. The van der Waals surface area contributed by atoms with E-state index in [1.54, 1.807) is 0 Å². The number of aryl methyl sites for hydroxylation is 1. The van der Waals surface area contributed by atoms with Crippen LogP contribution >= 0.6 is 0 Å². The van der Waals surface area contributed by atoms with E-state index in [-0.39, 0.29) is 30.1 Å². The summed E-state index contributed by atoms with van der Waals surface area (Å²) < 4.78 is 0. The Morgan fingerprint density at radius 2 is 1.05 bits per heavy atom. The van der Waals surface area contributed by atoms with Crippen LogP contribution in [-0.2, 0) is 51.4 Å². The lowest BCUT2D eigenvalue weighted by Gasteiger charge is -2.25. The Morgan fingerprint density at radius 1 is 0.614 bits per heavy atom. The summed E-state index contributed by atoms with van der Waals surface area (Å²) in [6.07, 6.45) is 4.67. The molecule has 0 bridgehead atoms. The number of hydrogen-bond donors (Lipinski definition) is 7. The second kappa shape index (κ2) is 20.6. The minimum absolute atomic E-state index is 0.0169. The Morgan fingerprint density at radius 3 is 1.53 bits per heavy atom. The van der Waals surface area contributed by atoms with Crippen LogP contribution in [0.4, 0.5) is 5.69 Å². The standard InChI is InChI=1S/C45H59N5O7/c51-42(11-10-30-4-1-5-31(20-30)23-39(43(52)53)35-12-15-46-26-35)50(29-34-8-2-6-32(21-34)24-40(44(54)55)36-13-16-47-27-36)19-18-49-38-9-3-7-33(22-38)25-41(45(56)57)37-14-17-48-28-37/h1-9,20-22,35-37,39-41,46-49H,10-19,23-29H2,(H,52,53)(H,54,55)(H,56,57). The van der Waals surface area contributed by atoms with Gasteiger partial charge in [-0.1, -0.05) is 60.7 Å². The first-order chi connectivity index (χ1) is 27.6. The third kappa shape index (κ3) is 12.1. The Hall–Kier alpha value is -4.78. The first-order valence-corrected chi connectivity index (χ1v) is 20.7. The number of rotatable bonds is 21. The number of carbonyl (C=O) groups is 4. The van der Waals surface area contributed by atoms with E-state index in [0.717, 1.165) is 78.9 Å². The van der Waals surface area contributed by atoms with Crippen LogP contribution in [0.2, 0.25) is 0 Å². The van der Waals surface area contributed by atoms with Gasteiger partial charge in [-0.25, -0.2) is 0 Å². The van der Waals surface area contributed by atoms with Gasteiger partial charge in [0.1, 0.15) is 0 Å². The molecule has 3 saturated heterocycles. The Bertz CT molecular complexity index is 1820. The van der Waals surface area contributed by atoms with Crippen molar-refractivity contribution in [2.75, 3.05) is 57.7 Å². The van der Waals surface area contributed by atoms with Gasteiger partial charge in [-0.2, -0.15) is 0 Å². The topological polar surface area (TPSA) is 180 Å². The molecule has 0 radical (unpaired) electrons. The van der Waals surface area contributed by atoms with Crippen LogP contribution in [0, 0.1) is 35.5 Å². The third-order valence-electron chi connectivity index (χ3n) is 12.3. The van der Waals surface area contributed by atoms with Crippen LogP contribution in [0.15, 0.2) is 72.8 Å². The fourth-order valence-electron chi connectivity index (χ4n) is 9.02. The molecule has 1 amide bonds. The molecule has 7 N–H and O–H groups in total. The molecule has 306 valence electrons. The van der Waals surface area contributed by atoms with Crippen molar-refractivity contribution in [1.82, 2.24) is 20.9 Å². The molecule has 3 aliphatic heterocycles. The predicted molar refractivity (Wildman–Crippen MR) is 219 cm³/mol. The van der Waals surface area contributed by atoms with E-state index in [0.29, 0.717) is 58.4 Å². The van der Waals surface area contributed by atoms with E-state index < -0.39 is 35.7 Å². The molecule has 3 aliphatic rings. The highest BCUT2D eigenvalue weighted by Crippen LogP contribution is 2.27. The SMILES string of the molecule is O=C(O)C(Cc1cccc(CCC(=O)N(CCNc2cccc(CC(C(=O)O)C3CCNC3)c2)Cc2cccc(CC(C(=O)O)C3CCNC3)c2)c1)C1CCNC1. The van der Waals surface area contributed by atoms with Crippen LogP contribution < -0.4 is 21.3 Å². The molecule has 6 rings (SSSR count). The maximum absolute atomic E-state index is 14.0. The van der Waals surface area contributed by atoms with Gasteiger partial charge in [0.15, 0.2) is 0 Å². The number of anilines is 1. The van der Waals surface area contributed by atoms with Crippen molar-refractivity contribution in [3.8, 4) is 0 Å². The van der Waals surface area contributed by atoms with Crippen LogP contribution in [0.1, 0.15) is 53.5 Å². The van der Waals surface area contributed by atoms with Crippen molar-refractivity contribution >= 4 is 29.5 Å². The summed E-state index contributed by atoms with van der Waals surface area (Å²) in [4.78, 5) is 52.4. The van der Waals surface area contributed by atoms with Crippen molar-refractivity contribution in [3.63, 3.8) is 0 Å². The zero-order valence-electron chi connectivity index (χ0n) is 32.8. The lowest BCUT2D eigenvalue weighted by Crippen LogP contribution is -2.35. The Kier molecular flexibility index (Phi) is 15.1. The summed E-state index contributed by atoms with van der Waals surface area (Å²) in [5, 5.41) is 43.3. The molecule has 3 fully saturated rings. The van der Waals surface area contributed by atoms with Gasteiger partial charge in [0.2, 0.25) is 5.91 Å². The smallest absolute Gasteiger partial charge is 0.307 e. The Balaban J connectivity index is 1.12. The van der Waals surface area contributed by atoms with Crippen molar-refractivity contribution in [3.05, 3.63) is 101 Å². The van der Waals surface area contributed by atoms with Gasteiger partial charge in [0, 0.05) is 31.7 Å². The second-order valence-electron chi connectivity index (χ2n) is 16.3. The Labute approximate surface area is 335 Å². The van der Waals surface area contributed by atoms with Gasteiger partial charge in [-0.3, -0.25) is 19.2 Å². The minimum atomic E-state index is -0.784. The first-order valence-electron chi connectivity index (χ1n) is 20.7. The maximum Gasteiger partial charge on any atom is 0.307 e. The molecule has 3 aromatic rings. The molecule has 3 aromatic carbocycles. The van der Waals surface area contributed by atoms with E-state index >= 15 is 0 Å². The van der Waals surface area contributed by atoms with Crippen LogP contribution in [0.25, 0.3) is 0 Å². The monoisotopic (exact) mass is 781 g/mol. The molecule has 12 heteroatoms. The molecule has 0 saturated carbocycles. The molecule has 12 nitrogen and oxygen atoms in total. The van der Waals surface area contributed by atoms with Crippen molar-refractivity contribution in [1.29, 1.82) is 0 Å². The van der Waals surface area contributed by atoms with Gasteiger partial charge < -0.3 is 41.5 Å².